The molecule has 0 unspecified atom stereocenters. The molecule has 0 saturated heterocycles. The lowest BCUT2D eigenvalue weighted by Crippen LogP contribution is -2.35. The summed E-state index contributed by atoms with van der Waals surface area (Å²) in [5.74, 6) is 0.282. The van der Waals surface area contributed by atoms with Crippen LogP contribution in [0.3, 0.4) is 0 Å². The predicted molar refractivity (Wildman–Crippen MR) is 277 cm³/mol. The van der Waals surface area contributed by atoms with E-state index >= 15 is 0 Å². The van der Waals surface area contributed by atoms with Crippen LogP contribution in [-0.2, 0) is 29.5 Å². The number of benzene rings is 4. The van der Waals surface area contributed by atoms with E-state index in [2.05, 4.69) is 51.2 Å². The second-order valence-electron chi connectivity index (χ2n) is 14.5. The average Bonchev–Trinajstić information content (AvgIpc) is 3.28. The van der Waals surface area contributed by atoms with Gasteiger partial charge >= 0.3 is 36.3 Å². The number of aromatic nitrogens is 6. The second-order valence-corrected chi connectivity index (χ2v) is 19.5. The summed E-state index contributed by atoms with van der Waals surface area (Å²) >= 11 is 23.1. The number of aryl methyl sites for hydroxylation is 2. The number of methoxy groups -OCH3 is 2. The molecular formula is C44H48Cl4N12O12S2. The maximum Gasteiger partial charge on any atom is 0.411 e. The normalized spacial score (nSPS) is 10.6. The Labute approximate surface area is 445 Å². The van der Waals surface area contributed by atoms with Crippen LogP contribution in [0.1, 0.15) is 39.3 Å². The number of hydrogen-bond donors (Lipinski definition) is 6. The molecule has 0 spiro atoms. The number of ether oxygens (including phenoxy) is 4. The van der Waals surface area contributed by atoms with Crippen LogP contribution in [0.4, 0.5) is 42.4 Å². The van der Waals surface area contributed by atoms with Gasteiger partial charge in [-0.1, -0.05) is 82.8 Å². The first-order chi connectivity index (χ1) is 34.8. The monoisotopic (exact) mass is 1140 g/mol. The zero-order valence-corrected chi connectivity index (χ0v) is 45.0. The van der Waals surface area contributed by atoms with E-state index in [4.69, 9.17) is 65.4 Å². The molecule has 74 heavy (non-hydrogen) atoms. The lowest BCUT2D eigenvalue weighted by molar-refractivity contribution is 0.129. The first-order valence-electron chi connectivity index (χ1n) is 21.0. The highest BCUT2D eigenvalue weighted by atomic mass is 35.5. The van der Waals surface area contributed by atoms with Gasteiger partial charge in [-0.25, -0.2) is 45.5 Å². The van der Waals surface area contributed by atoms with E-state index in [-0.39, 0.29) is 56.0 Å². The molecule has 2 aromatic heterocycles. The summed E-state index contributed by atoms with van der Waals surface area (Å²) < 4.78 is 71.5. The van der Waals surface area contributed by atoms with Crippen molar-refractivity contribution in [2.75, 3.05) is 35.5 Å². The van der Waals surface area contributed by atoms with Crippen molar-refractivity contribution in [3.8, 4) is 12.0 Å². The quantitative estimate of drug-likeness (QED) is 0.0664. The molecule has 24 nitrogen and oxygen atoms in total. The molecular weight excluding hydrogens is 1090 g/mol. The van der Waals surface area contributed by atoms with Crippen LogP contribution in [0.25, 0.3) is 0 Å². The summed E-state index contributed by atoms with van der Waals surface area (Å²) in [7, 11) is -5.57. The number of hydrogen-bond acceptors (Lipinski definition) is 18. The first kappa shape index (κ1) is 60.9. The number of carbonyl (C=O) groups excluding carboxylic acids is 4. The molecule has 6 amide bonds. The Balaban J connectivity index is 0.000000267. The number of urea groups is 2. The zero-order chi connectivity index (χ0) is 55.2. The molecule has 4 aromatic carbocycles. The van der Waals surface area contributed by atoms with Crippen LogP contribution >= 0.6 is 46.4 Å². The van der Waals surface area contributed by atoms with Gasteiger partial charge in [0, 0.05) is 21.4 Å². The van der Waals surface area contributed by atoms with Crippen molar-refractivity contribution in [2.45, 2.75) is 63.5 Å². The summed E-state index contributed by atoms with van der Waals surface area (Å²) in [4.78, 5) is 68.5. The fourth-order valence-corrected chi connectivity index (χ4v) is 8.23. The molecule has 6 rings (SSSR count). The summed E-state index contributed by atoms with van der Waals surface area (Å²) in [6.45, 7) is 10.3. The minimum Gasteiger partial charge on any atom is -0.467 e. The molecule has 0 aliphatic heterocycles. The molecule has 0 aliphatic carbocycles. The smallest absolute Gasteiger partial charge is 0.411 e. The molecule has 6 aromatic rings. The van der Waals surface area contributed by atoms with Crippen molar-refractivity contribution in [1.29, 1.82) is 0 Å². The average molecular weight is 1140 g/mol. The Kier molecular flexibility index (Phi) is 24.2. The van der Waals surface area contributed by atoms with Crippen molar-refractivity contribution >= 4 is 114 Å². The van der Waals surface area contributed by atoms with Crippen LogP contribution in [0, 0.1) is 13.8 Å². The second kappa shape index (κ2) is 29.4. The molecule has 0 fully saturated rings. The standard InChI is InChI=1S/2C12H12ClN5O4S.2C10H12ClNO2/c2*1-7-14-10(17-12(15-7)22-2)16-11(19)18-23(20,21)9-6-4-3-5-8(9)13;2*1-7(2)14-10(13)12-9-5-3-4-8(11)6-9/h2*3-6H,1-2H3,(H2,14,15,16,17,18,19);2*3-7H,1-2H3,(H,12,13). The number of rotatable bonds is 12. The molecule has 0 saturated carbocycles. The highest BCUT2D eigenvalue weighted by Crippen LogP contribution is 2.22. The fraction of sp³-hybridized carbons (Fsp3) is 0.227. The van der Waals surface area contributed by atoms with Crippen molar-refractivity contribution in [2.24, 2.45) is 0 Å². The highest BCUT2D eigenvalue weighted by Gasteiger charge is 2.23. The minimum atomic E-state index is -4.13. The van der Waals surface area contributed by atoms with E-state index in [9.17, 15) is 36.0 Å². The Morgan fingerprint density at radius 3 is 1.15 bits per heavy atom. The van der Waals surface area contributed by atoms with Gasteiger partial charge in [0.25, 0.3) is 20.0 Å². The molecule has 0 bridgehead atoms. The van der Waals surface area contributed by atoms with Gasteiger partial charge in [0.1, 0.15) is 21.4 Å². The SMILES string of the molecule is CC(C)OC(=O)Nc1cccc(Cl)c1.CC(C)OC(=O)Nc1cccc(Cl)c1.COc1nc(C)nc(NC(=O)NS(=O)(=O)c2ccccc2Cl)n1.COc1nc(C)nc(NC(=O)NS(=O)(=O)c2ccccc2Cl)n1. The van der Waals surface area contributed by atoms with Crippen molar-refractivity contribution < 1.29 is 55.0 Å². The number of halogens is 4. The van der Waals surface area contributed by atoms with Gasteiger partial charge < -0.3 is 18.9 Å². The number of nitrogens with zero attached hydrogens (tertiary/aromatic N) is 6. The van der Waals surface area contributed by atoms with E-state index in [1.54, 1.807) is 102 Å². The van der Waals surface area contributed by atoms with Crippen molar-refractivity contribution in [3.63, 3.8) is 0 Å². The Morgan fingerprint density at radius 1 is 0.486 bits per heavy atom. The van der Waals surface area contributed by atoms with Crippen LogP contribution in [0.15, 0.2) is 107 Å². The minimum absolute atomic E-state index is 0.00882. The zero-order valence-electron chi connectivity index (χ0n) is 40.3. The summed E-state index contributed by atoms with van der Waals surface area (Å²) in [6, 6.07) is 23.1. The van der Waals surface area contributed by atoms with Crippen LogP contribution < -0.4 is 40.2 Å². The summed E-state index contributed by atoms with van der Waals surface area (Å²) in [5, 5.41) is 10.6. The van der Waals surface area contributed by atoms with Gasteiger partial charge in [0.2, 0.25) is 11.9 Å². The highest BCUT2D eigenvalue weighted by molar-refractivity contribution is 7.90. The van der Waals surface area contributed by atoms with Gasteiger partial charge in [-0.2, -0.15) is 29.9 Å². The van der Waals surface area contributed by atoms with Gasteiger partial charge in [-0.3, -0.25) is 21.3 Å². The van der Waals surface area contributed by atoms with E-state index < -0.39 is 44.3 Å². The van der Waals surface area contributed by atoms with E-state index in [1.807, 2.05) is 9.44 Å². The molecule has 0 atom stereocenters. The number of anilines is 4. The molecule has 6 N–H and O–H groups in total. The van der Waals surface area contributed by atoms with Gasteiger partial charge in [0.05, 0.1) is 36.5 Å². The third kappa shape index (κ3) is 22.2. The third-order valence-corrected chi connectivity index (χ3v) is 11.9. The Hall–Kier alpha value is -7.36. The number of amides is 6. The number of sulfonamides is 2. The van der Waals surface area contributed by atoms with Crippen molar-refractivity contribution in [1.82, 2.24) is 39.3 Å². The topological polar surface area (TPSA) is 323 Å². The van der Waals surface area contributed by atoms with Crippen molar-refractivity contribution in [3.05, 3.63) is 129 Å². The van der Waals surface area contributed by atoms with E-state index in [0.29, 0.717) is 33.1 Å². The lowest BCUT2D eigenvalue weighted by Gasteiger charge is -2.09. The number of nitrogens with one attached hydrogen (secondary N) is 6. The lowest BCUT2D eigenvalue weighted by atomic mass is 10.3. The van der Waals surface area contributed by atoms with E-state index in [1.165, 1.54) is 50.6 Å². The molecule has 0 aliphatic rings. The van der Waals surface area contributed by atoms with Crippen LogP contribution in [0.2, 0.25) is 20.1 Å². The van der Waals surface area contributed by atoms with E-state index in [0.717, 1.165) is 0 Å². The molecule has 0 radical (unpaired) electrons. The largest absolute Gasteiger partial charge is 0.467 e. The maximum atomic E-state index is 12.1. The third-order valence-electron chi connectivity index (χ3n) is 7.80. The maximum absolute atomic E-state index is 12.1. The summed E-state index contributed by atoms with van der Waals surface area (Å²) in [5.41, 5.74) is 1.26. The Bertz CT molecular complexity index is 2920. The Morgan fingerprint density at radius 2 is 0.838 bits per heavy atom. The molecule has 30 heteroatoms. The summed E-state index contributed by atoms with van der Waals surface area (Å²) in [6.07, 6.45) is -1.20. The molecule has 2 heterocycles. The first-order valence-corrected chi connectivity index (χ1v) is 25.4. The van der Waals surface area contributed by atoms with Gasteiger partial charge in [0.15, 0.2) is 0 Å². The predicted octanol–water partition coefficient (Wildman–Crippen LogP) is 9.30. The van der Waals surface area contributed by atoms with Gasteiger partial charge in [-0.15, -0.1) is 0 Å². The number of carbonyl (C=O) groups is 4. The van der Waals surface area contributed by atoms with Crippen LogP contribution in [-0.4, -0.2) is 97.4 Å². The van der Waals surface area contributed by atoms with Gasteiger partial charge in [-0.05, 0) is 102 Å². The molecule has 396 valence electrons. The van der Waals surface area contributed by atoms with Crippen LogP contribution in [0.5, 0.6) is 12.0 Å². The fourth-order valence-electron chi connectivity index (χ4n) is 5.00.